The first-order chi connectivity index (χ1) is 13.0. The first kappa shape index (κ1) is 16.5. The lowest BCUT2D eigenvalue weighted by Crippen LogP contribution is -2.15. The molecule has 4 aromatic rings. The van der Waals surface area contributed by atoms with Crippen molar-refractivity contribution in [3.05, 3.63) is 77.9 Å². The Morgan fingerprint density at radius 1 is 0.815 bits per heavy atom. The van der Waals surface area contributed by atoms with Crippen molar-refractivity contribution in [2.75, 3.05) is 0 Å². The second kappa shape index (κ2) is 6.42. The summed E-state index contributed by atoms with van der Waals surface area (Å²) in [4.78, 5) is 31.3. The van der Waals surface area contributed by atoms with Crippen molar-refractivity contribution in [3.63, 3.8) is 0 Å². The lowest BCUT2D eigenvalue weighted by molar-refractivity contribution is 0.0988. The molecule has 0 bridgehead atoms. The highest BCUT2D eigenvalue weighted by atomic mass is 16.1. The molecule has 6 heteroatoms. The summed E-state index contributed by atoms with van der Waals surface area (Å²) in [7, 11) is 0. The summed E-state index contributed by atoms with van der Waals surface area (Å²) in [5, 5.41) is 0. The third-order valence-electron chi connectivity index (χ3n) is 4.43. The fourth-order valence-corrected chi connectivity index (χ4v) is 3.13. The largest absolute Gasteiger partial charge is 0.366 e. The molecule has 0 spiro atoms. The van der Waals surface area contributed by atoms with Gasteiger partial charge in [-0.15, -0.1) is 0 Å². The summed E-state index contributed by atoms with van der Waals surface area (Å²) in [6.07, 6.45) is 0. The van der Waals surface area contributed by atoms with E-state index in [0.29, 0.717) is 11.4 Å². The van der Waals surface area contributed by atoms with Gasteiger partial charge >= 0.3 is 0 Å². The molecular weight excluding hydrogens is 340 g/mol. The third-order valence-corrected chi connectivity index (χ3v) is 4.43. The van der Waals surface area contributed by atoms with Gasteiger partial charge in [0, 0.05) is 16.7 Å². The number of hydrogen-bond acceptors (Lipinski definition) is 3. The zero-order valence-corrected chi connectivity index (χ0v) is 14.3. The number of amides is 2. The summed E-state index contributed by atoms with van der Waals surface area (Å²) >= 11 is 0. The van der Waals surface area contributed by atoms with Crippen molar-refractivity contribution < 1.29 is 9.59 Å². The Morgan fingerprint density at radius 3 is 2.30 bits per heavy atom. The third kappa shape index (κ3) is 2.93. The van der Waals surface area contributed by atoms with Crippen LogP contribution in [0.15, 0.2) is 66.7 Å². The van der Waals surface area contributed by atoms with Crippen LogP contribution >= 0.6 is 0 Å². The standard InChI is InChI=1S/C21H16N4O2/c22-19(26)13-9-10-15(20(23)27)16(11-13)21-24-17-8-4-7-14(18(17)25-21)12-5-2-1-3-6-12/h1-11H,(H2,22,26)(H2,23,27)(H,24,25). The van der Waals surface area contributed by atoms with Gasteiger partial charge in [0.2, 0.25) is 11.8 Å². The second-order valence-corrected chi connectivity index (χ2v) is 6.14. The van der Waals surface area contributed by atoms with Crippen LogP contribution in [0.4, 0.5) is 0 Å². The molecule has 132 valence electrons. The van der Waals surface area contributed by atoms with Gasteiger partial charge in [0.05, 0.1) is 16.6 Å². The van der Waals surface area contributed by atoms with Gasteiger partial charge in [-0.2, -0.15) is 0 Å². The number of rotatable bonds is 4. The Balaban J connectivity index is 1.95. The summed E-state index contributed by atoms with van der Waals surface area (Å²) in [6, 6.07) is 20.2. The molecule has 0 unspecified atom stereocenters. The summed E-state index contributed by atoms with van der Waals surface area (Å²) in [5.74, 6) is -0.747. The minimum absolute atomic E-state index is 0.264. The number of hydrogen-bond donors (Lipinski definition) is 3. The fourth-order valence-electron chi connectivity index (χ4n) is 3.13. The molecule has 27 heavy (non-hydrogen) atoms. The summed E-state index contributed by atoms with van der Waals surface area (Å²) < 4.78 is 0. The number of imidazole rings is 1. The van der Waals surface area contributed by atoms with Crippen LogP contribution in [0.3, 0.4) is 0 Å². The Labute approximate surface area is 154 Å². The Hall–Kier alpha value is -3.93. The SMILES string of the molecule is NC(=O)c1ccc(C(N)=O)c(-c2nc3cccc(-c4ccccc4)c3[nH]2)c1. The summed E-state index contributed by atoms with van der Waals surface area (Å²) in [6.45, 7) is 0. The number of para-hydroxylation sites is 1. The van der Waals surface area contributed by atoms with Gasteiger partial charge in [0.25, 0.3) is 0 Å². The minimum Gasteiger partial charge on any atom is -0.366 e. The van der Waals surface area contributed by atoms with Crippen LogP contribution in [-0.4, -0.2) is 21.8 Å². The average molecular weight is 356 g/mol. The molecular formula is C21H16N4O2. The van der Waals surface area contributed by atoms with E-state index in [1.54, 1.807) is 0 Å². The summed E-state index contributed by atoms with van der Waals surface area (Å²) in [5.41, 5.74) is 15.5. The molecule has 1 heterocycles. The van der Waals surface area contributed by atoms with E-state index < -0.39 is 11.8 Å². The maximum Gasteiger partial charge on any atom is 0.249 e. The number of H-pyrrole nitrogens is 1. The van der Waals surface area contributed by atoms with Crippen LogP contribution in [0.25, 0.3) is 33.5 Å². The molecule has 0 saturated heterocycles. The normalized spacial score (nSPS) is 10.8. The van der Waals surface area contributed by atoms with Crippen LogP contribution in [0.5, 0.6) is 0 Å². The van der Waals surface area contributed by atoms with Crippen molar-refractivity contribution in [2.24, 2.45) is 11.5 Å². The van der Waals surface area contributed by atoms with Crippen molar-refractivity contribution in [2.45, 2.75) is 0 Å². The lowest BCUT2D eigenvalue weighted by Gasteiger charge is -2.06. The van der Waals surface area contributed by atoms with Crippen LogP contribution in [0, 0.1) is 0 Å². The molecule has 0 radical (unpaired) electrons. The quantitative estimate of drug-likeness (QED) is 0.522. The molecule has 5 N–H and O–H groups in total. The van der Waals surface area contributed by atoms with E-state index in [2.05, 4.69) is 9.97 Å². The molecule has 3 aromatic carbocycles. The van der Waals surface area contributed by atoms with Gasteiger partial charge < -0.3 is 16.5 Å². The molecule has 2 amide bonds. The zero-order valence-electron chi connectivity index (χ0n) is 14.3. The van der Waals surface area contributed by atoms with E-state index in [9.17, 15) is 9.59 Å². The van der Waals surface area contributed by atoms with Gasteiger partial charge in [-0.3, -0.25) is 9.59 Å². The maximum atomic E-state index is 11.8. The molecule has 0 aliphatic rings. The number of nitrogens with one attached hydrogen (secondary N) is 1. The molecule has 0 aliphatic carbocycles. The van der Waals surface area contributed by atoms with Crippen LogP contribution in [0.2, 0.25) is 0 Å². The van der Waals surface area contributed by atoms with E-state index in [4.69, 9.17) is 11.5 Å². The minimum atomic E-state index is -0.607. The number of fused-ring (bicyclic) bond motifs is 1. The van der Waals surface area contributed by atoms with E-state index in [0.717, 1.165) is 22.2 Å². The molecule has 1 aromatic heterocycles. The lowest BCUT2D eigenvalue weighted by atomic mass is 10.0. The van der Waals surface area contributed by atoms with Crippen molar-refractivity contribution in [1.29, 1.82) is 0 Å². The van der Waals surface area contributed by atoms with E-state index in [-0.39, 0.29) is 11.1 Å². The topological polar surface area (TPSA) is 115 Å². The number of carbonyl (C=O) groups is 2. The van der Waals surface area contributed by atoms with Crippen LogP contribution in [-0.2, 0) is 0 Å². The maximum absolute atomic E-state index is 11.8. The van der Waals surface area contributed by atoms with Gasteiger partial charge in [0.15, 0.2) is 0 Å². The predicted molar refractivity (Wildman–Crippen MR) is 104 cm³/mol. The molecule has 4 rings (SSSR count). The molecule has 6 nitrogen and oxygen atoms in total. The molecule has 0 atom stereocenters. The fraction of sp³-hybridized carbons (Fsp3) is 0. The van der Waals surface area contributed by atoms with Gasteiger partial charge in [-0.25, -0.2) is 4.98 Å². The van der Waals surface area contributed by atoms with Gasteiger partial charge in [-0.1, -0.05) is 42.5 Å². The van der Waals surface area contributed by atoms with Crippen molar-refractivity contribution in [1.82, 2.24) is 9.97 Å². The van der Waals surface area contributed by atoms with Crippen molar-refractivity contribution in [3.8, 4) is 22.5 Å². The number of aromatic nitrogens is 2. The molecule has 0 aliphatic heterocycles. The highest BCUT2D eigenvalue weighted by Crippen LogP contribution is 2.31. The number of carbonyl (C=O) groups excluding carboxylic acids is 2. The van der Waals surface area contributed by atoms with E-state index >= 15 is 0 Å². The highest BCUT2D eigenvalue weighted by molar-refractivity contribution is 6.03. The number of aromatic amines is 1. The second-order valence-electron chi connectivity index (χ2n) is 6.14. The zero-order chi connectivity index (χ0) is 19.0. The molecule has 0 fully saturated rings. The molecule has 0 saturated carbocycles. The average Bonchev–Trinajstić information content (AvgIpc) is 3.12. The monoisotopic (exact) mass is 356 g/mol. The Bertz CT molecular complexity index is 1180. The van der Waals surface area contributed by atoms with Gasteiger partial charge in [0.1, 0.15) is 5.82 Å². The Morgan fingerprint density at radius 2 is 1.59 bits per heavy atom. The first-order valence-electron chi connectivity index (χ1n) is 8.33. The van der Waals surface area contributed by atoms with E-state index in [1.807, 2.05) is 48.5 Å². The van der Waals surface area contributed by atoms with E-state index in [1.165, 1.54) is 18.2 Å². The number of benzene rings is 3. The highest BCUT2D eigenvalue weighted by Gasteiger charge is 2.17. The van der Waals surface area contributed by atoms with Crippen molar-refractivity contribution >= 4 is 22.8 Å². The predicted octanol–water partition coefficient (Wildman–Crippen LogP) is 3.09. The number of nitrogens with zero attached hydrogens (tertiary/aromatic N) is 1. The first-order valence-corrected chi connectivity index (χ1v) is 8.33. The van der Waals surface area contributed by atoms with Crippen LogP contribution in [0.1, 0.15) is 20.7 Å². The number of primary amides is 2. The Kier molecular flexibility index (Phi) is 3.93. The van der Waals surface area contributed by atoms with Gasteiger partial charge in [-0.05, 0) is 29.8 Å². The number of nitrogens with two attached hydrogens (primary N) is 2. The van der Waals surface area contributed by atoms with Crippen LogP contribution < -0.4 is 11.5 Å². The smallest absolute Gasteiger partial charge is 0.249 e.